The van der Waals surface area contributed by atoms with Crippen LogP contribution >= 0.6 is 0 Å². The van der Waals surface area contributed by atoms with E-state index in [9.17, 15) is 5.11 Å². The molecule has 0 radical (unpaired) electrons. The number of H-pyrrole nitrogens is 1. The largest absolute Gasteiger partial charge is 0.476 e. The minimum absolute atomic E-state index is 0.0287. The molecule has 0 saturated carbocycles. The first-order chi connectivity index (χ1) is 18.9. The third-order valence-electron chi connectivity index (χ3n) is 7.04. The van der Waals surface area contributed by atoms with E-state index in [0.29, 0.717) is 44.7 Å². The molecule has 1 aliphatic rings. The van der Waals surface area contributed by atoms with Crippen molar-refractivity contribution in [2.75, 3.05) is 34.0 Å². The molecule has 0 fully saturated rings. The number of likely N-dealkylation sites (N-methyl/N-ethyl adjacent to an activating group) is 1. The molecule has 1 atom stereocenters. The van der Waals surface area contributed by atoms with Gasteiger partial charge in [-0.25, -0.2) is 4.68 Å². The molecule has 208 valence electrons. The van der Waals surface area contributed by atoms with Gasteiger partial charge in [-0.2, -0.15) is 10.2 Å². The lowest BCUT2D eigenvalue weighted by Crippen LogP contribution is -2.35. The van der Waals surface area contributed by atoms with Crippen LogP contribution in [0.5, 0.6) is 11.8 Å². The Morgan fingerprint density at radius 2 is 2.05 bits per heavy atom. The number of aromatic nitrogens is 7. The number of ether oxygens (including phenoxy) is 3. The van der Waals surface area contributed by atoms with Crippen LogP contribution in [-0.4, -0.2) is 84.8 Å². The Morgan fingerprint density at radius 1 is 1.23 bits per heavy atom. The average molecular weight is 537 g/mol. The van der Waals surface area contributed by atoms with E-state index in [-0.39, 0.29) is 12.6 Å². The Morgan fingerprint density at radius 3 is 2.79 bits per heavy atom. The van der Waals surface area contributed by atoms with Crippen molar-refractivity contribution in [3.8, 4) is 23.0 Å². The predicted molar refractivity (Wildman–Crippen MR) is 147 cm³/mol. The van der Waals surface area contributed by atoms with E-state index >= 15 is 0 Å². The van der Waals surface area contributed by atoms with E-state index < -0.39 is 0 Å². The molecule has 0 aliphatic carbocycles. The Labute approximate surface area is 227 Å². The zero-order chi connectivity index (χ0) is 27.7. The summed E-state index contributed by atoms with van der Waals surface area (Å²) in [4.78, 5) is 7.09. The molecule has 2 N–H and O–H groups in total. The highest BCUT2D eigenvalue weighted by atomic mass is 16.5. The van der Waals surface area contributed by atoms with Crippen molar-refractivity contribution in [3.05, 3.63) is 34.4 Å². The van der Waals surface area contributed by atoms with Gasteiger partial charge in [0.05, 0.1) is 60.3 Å². The third kappa shape index (κ3) is 5.02. The van der Waals surface area contributed by atoms with Gasteiger partial charge in [0.1, 0.15) is 17.8 Å². The number of nitrogens with one attached hydrogen (secondary N) is 1. The number of aryl methyl sites for hydroxylation is 2. The van der Waals surface area contributed by atoms with Crippen LogP contribution in [-0.2, 0) is 31.5 Å². The fraction of sp³-hybridized carbons (Fsp3) is 0.481. The van der Waals surface area contributed by atoms with Gasteiger partial charge in [0, 0.05) is 32.1 Å². The predicted octanol–water partition coefficient (Wildman–Crippen LogP) is 2.78. The standard InChI is InChI=1S/C27H36N8O4/c1-7-38-26-18-8-9-20-19-12-21(28-17(3)25(19)30-29-20)24-22(15-37-6)31-34(5)27(24)39-14-16(2)33(4)13-23(18)35(32-26)10-11-36/h8-9,12,16,36H,7,10-11,13-15H2,1-6H3,(H,29,30)/b9-8+. The minimum Gasteiger partial charge on any atom is -0.476 e. The molecule has 2 bridgehead atoms. The van der Waals surface area contributed by atoms with Gasteiger partial charge in [0.2, 0.25) is 11.8 Å². The third-order valence-corrected chi connectivity index (χ3v) is 7.04. The van der Waals surface area contributed by atoms with Gasteiger partial charge in [-0.15, -0.1) is 5.10 Å². The lowest BCUT2D eigenvalue weighted by Gasteiger charge is -2.25. The number of aromatic amines is 1. The van der Waals surface area contributed by atoms with Crippen molar-refractivity contribution in [2.45, 2.75) is 46.5 Å². The lowest BCUT2D eigenvalue weighted by molar-refractivity contribution is 0.156. The molecular formula is C27H36N8O4. The molecule has 1 unspecified atom stereocenters. The summed E-state index contributed by atoms with van der Waals surface area (Å²) in [6, 6.07) is 2.06. The second-order valence-electron chi connectivity index (χ2n) is 9.76. The highest BCUT2D eigenvalue weighted by Crippen LogP contribution is 2.36. The summed E-state index contributed by atoms with van der Waals surface area (Å²) in [6.45, 7) is 8.13. The summed E-state index contributed by atoms with van der Waals surface area (Å²) < 4.78 is 21.4. The van der Waals surface area contributed by atoms with Gasteiger partial charge in [-0.3, -0.25) is 19.7 Å². The molecule has 1 aliphatic heterocycles. The maximum absolute atomic E-state index is 9.73. The summed E-state index contributed by atoms with van der Waals surface area (Å²) in [5.74, 6) is 1.16. The Bertz CT molecular complexity index is 1500. The van der Waals surface area contributed by atoms with Crippen LogP contribution in [0, 0.1) is 6.92 Å². The summed E-state index contributed by atoms with van der Waals surface area (Å²) in [6.07, 6.45) is 3.99. The van der Waals surface area contributed by atoms with E-state index in [1.54, 1.807) is 11.8 Å². The number of aliphatic hydroxyl groups excluding tert-OH is 1. The molecule has 0 aromatic carbocycles. The first-order valence-electron chi connectivity index (χ1n) is 13.1. The smallest absolute Gasteiger partial charge is 0.240 e. The van der Waals surface area contributed by atoms with Gasteiger partial charge < -0.3 is 19.3 Å². The topological polar surface area (TPSA) is 128 Å². The molecular weight excluding hydrogens is 500 g/mol. The molecule has 4 aromatic heterocycles. The summed E-state index contributed by atoms with van der Waals surface area (Å²) in [5.41, 5.74) is 6.53. The lowest BCUT2D eigenvalue weighted by atomic mass is 10.1. The van der Waals surface area contributed by atoms with Gasteiger partial charge in [0.15, 0.2) is 0 Å². The highest BCUT2D eigenvalue weighted by Gasteiger charge is 2.25. The van der Waals surface area contributed by atoms with E-state index in [4.69, 9.17) is 24.3 Å². The number of nitrogens with zero attached hydrogens (tertiary/aromatic N) is 7. The van der Waals surface area contributed by atoms with Crippen LogP contribution in [0.4, 0.5) is 0 Å². The molecule has 5 heterocycles. The monoisotopic (exact) mass is 536 g/mol. The van der Waals surface area contributed by atoms with Crippen LogP contribution in [0.15, 0.2) is 6.07 Å². The number of rotatable bonds is 6. The van der Waals surface area contributed by atoms with E-state index in [1.165, 1.54) is 0 Å². The van der Waals surface area contributed by atoms with Crippen LogP contribution in [0.2, 0.25) is 0 Å². The Hall–Kier alpha value is -3.74. The number of methoxy groups -OCH3 is 1. The van der Waals surface area contributed by atoms with Crippen LogP contribution in [0.25, 0.3) is 34.3 Å². The van der Waals surface area contributed by atoms with Crippen molar-refractivity contribution in [1.29, 1.82) is 0 Å². The van der Waals surface area contributed by atoms with Crippen molar-refractivity contribution in [3.63, 3.8) is 0 Å². The maximum atomic E-state index is 9.73. The Balaban J connectivity index is 1.74. The summed E-state index contributed by atoms with van der Waals surface area (Å²) in [7, 11) is 5.56. The van der Waals surface area contributed by atoms with Crippen molar-refractivity contribution < 1.29 is 19.3 Å². The zero-order valence-electron chi connectivity index (χ0n) is 23.4. The van der Waals surface area contributed by atoms with Gasteiger partial charge in [-0.1, -0.05) is 0 Å². The van der Waals surface area contributed by atoms with Crippen molar-refractivity contribution >= 4 is 23.1 Å². The van der Waals surface area contributed by atoms with E-state index in [2.05, 4.69) is 27.1 Å². The van der Waals surface area contributed by atoms with Gasteiger partial charge in [0.25, 0.3) is 0 Å². The Kier molecular flexibility index (Phi) is 7.69. The SMILES string of the molecule is CCOc1nn(CCO)c2c1/C=C/c1[nH]nc3c(C)nc(cc13)-c1c(COC)nn(C)c1OCC(C)N(C)C2. The van der Waals surface area contributed by atoms with Crippen LogP contribution in [0.1, 0.15) is 42.2 Å². The van der Waals surface area contributed by atoms with Crippen LogP contribution < -0.4 is 9.47 Å². The fourth-order valence-corrected chi connectivity index (χ4v) is 4.90. The second kappa shape index (κ2) is 11.2. The second-order valence-corrected chi connectivity index (χ2v) is 9.76. The number of hydrogen-bond donors (Lipinski definition) is 2. The number of pyridine rings is 1. The quantitative estimate of drug-likeness (QED) is 0.382. The minimum atomic E-state index is -0.0287. The van der Waals surface area contributed by atoms with E-state index in [1.807, 2.05) is 50.8 Å². The molecule has 4 aromatic rings. The van der Waals surface area contributed by atoms with Crippen molar-refractivity contribution in [1.82, 2.24) is 39.6 Å². The normalized spacial score (nSPS) is 16.9. The first kappa shape index (κ1) is 26.9. The molecule has 0 saturated heterocycles. The van der Waals surface area contributed by atoms with E-state index in [0.717, 1.165) is 50.5 Å². The molecule has 12 heteroatoms. The van der Waals surface area contributed by atoms with Crippen molar-refractivity contribution in [2.24, 2.45) is 7.05 Å². The summed E-state index contributed by atoms with van der Waals surface area (Å²) >= 11 is 0. The molecule has 39 heavy (non-hydrogen) atoms. The first-order valence-corrected chi connectivity index (χ1v) is 13.1. The molecule has 12 nitrogen and oxygen atoms in total. The zero-order valence-corrected chi connectivity index (χ0v) is 23.4. The van der Waals surface area contributed by atoms with Crippen LogP contribution in [0.3, 0.4) is 0 Å². The molecule has 0 spiro atoms. The number of aliphatic hydroxyl groups is 1. The fourth-order valence-electron chi connectivity index (χ4n) is 4.90. The highest BCUT2D eigenvalue weighted by molar-refractivity contribution is 5.93. The number of hydrogen-bond acceptors (Lipinski definition) is 9. The van der Waals surface area contributed by atoms with Gasteiger partial charge >= 0.3 is 0 Å². The average Bonchev–Trinajstić information content (AvgIpc) is 3.55. The number of fused-ring (bicyclic) bond motifs is 4. The van der Waals surface area contributed by atoms with Gasteiger partial charge in [-0.05, 0) is 46.0 Å². The summed E-state index contributed by atoms with van der Waals surface area (Å²) in [5, 5.41) is 27.7. The maximum Gasteiger partial charge on any atom is 0.240 e. The molecule has 0 amide bonds. The molecule has 5 rings (SSSR count).